The summed E-state index contributed by atoms with van der Waals surface area (Å²) in [6.45, 7) is 4.12. The fourth-order valence-corrected chi connectivity index (χ4v) is 5.46. The van der Waals surface area contributed by atoms with E-state index in [9.17, 15) is 8.42 Å². The van der Waals surface area contributed by atoms with E-state index in [1.165, 1.54) is 17.4 Å². The van der Waals surface area contributed by atoms with Crippen LogP contribution in [0.1, 0.15) is 11.1 Å². The van der Waals surface area contributed by atoms with Crippen molar-refractivity contribution >= 4 is 26.6 Å². The van der Waals surface area contributed by atoms with E-state index in [1.54, 1.807) is 0 Å². The lowest BCUT2D eigenvalue weighted by Gasteiger charge is -2.13. The van der Waals surface area contributed by atoms with Gasteiger partial charge in [0.1, 0.15) is 16.6 Å². The van der Waals surface area contributed by atoms with Crippen LogP contribution in [-0.4, -0.2) is 14.7 Å². The number of anilines is 1. The summed E-state index contributed by atoms with van der Waals surface area (Å²) in [4.78, 5) is 3.27. The minimum absolute atomic E-state index is 0.404. The molecule has 0 saturated carbocycles. The Hall–Kier alpha value is -2.24. The van der Waals surface area contributed by atoms with E-state index in [0.717, 1.165) is 14.7 Å². The number of hydrogen-bond donors (Lipinski definition) is 1. The van der Waals surface area contributed by atoms with E-state index in [0.29, 0.717) is 5.69 Å². The highest BCUT2D eigenvalue weighted by molar-refractivity contribution is 7.97. The Morgan fingerprint density at radius 2 is 1.19 bits per heavy atom. The standard InChI is InChI=1S/C21H22NO2S2/c1-16-8-12-18(13-9-16)25(19-14-10-17(2)11-15-19)21-7-5-4-6-20(21)22-26(3,23)24/h4-15,22H,1-3H3/q+1. The Balaban J connectivity index is 2.18. The number of aryl methyl sites for hydroxylation is 2. The van der Waals surface area contributed by atoms with Crippen molar-refractivity contribution in [1.29, 1.82) is 0 Å². The van der Waals surface area contributed by atoms with Gasteiger partial charge in [0.2, 0.25) is 10.0 Å². The first-order chi connectivity index (χ1) is 12.3. The van der Waals surface area contributed by atoms with E-state index in [-0.39, 0.29) is 0 Å². The summed E-state index contributed by atoms with van der Waals surface area (Å²) in [5, 5.41) is 0. The molecular weight excluding hydrogens is 362 g/mol. The third kappa shape index (κ3) is 4.48. The fraction of sp³-hybridized carbons (Fsp3) is 0.143. The number of sulfonamides is 1. The van der Waals surface area contributed by atoms with Crippen LogP contribution in [0.4, 0.5) is 5.69 Å². The highest BCUT2D eigenvalue weighted by atomic mass is 32.2. The highest BCUT2D eigenvalue weighted by Crippen LogP contribution is 2.36. The molecule has 5 heteroatoms. The van der Waals surface area contributed by atoms with Crippen LogP contribution >= 0.6 is 0 Å². The molecule has 3 nitrogen and oxygen atoms in total. The Morgan fingerprint density at radius 3 is 1.65 bits per heavy atom. The SMILES string of the molecule is Cc1ccc([S+](c2ccc(C)cc2)c2ccccc2NS(C)(=O)=O)cc1. The number of hydrogen-bond acceptors (Lipinski definition) is 2. The predicted molar refractivity (Wildman–Crippen MR) is 109 cm³/mol. The van der Waals surface area contributed by atoms with E-state index in [1.807, 2.05) is 24.3 Å². The summed E-state index contributed by atoms with van der Waals surface area (Å²) in [7, 11) is -3.76. The van der Waals surface area contributed by atoms with E-state index in [2.05, 4.69) is 67.1 Å². The first-order valence-electron chi connectivity index (χ1n) is 8.28. The predicted octanol–water partition coefficient (Wildman–Crippen LogP) is 4.77. The first kappa shape index (κ1) is 18.5. The molecule has 26 heavy (non-hydrogen) atoms. The van der Waals surface area contributed by atoms with E-state index >= 15 is 0 Å². The van der Waals surface area contributed by atoms with Gasteiger partial charge in [-0.15, -0.1) is 0 Å². The molecule has 1 N–H and O–H groups in total. The molecule has 0 atom stereocenters. The van der Waals surface area contributed by atoms with Crippen molar-refractivity contribution in [3.63, 3.8) is 0 Å². The molecule has 0 aliphatic carbocycles. The largest absolute Gasteiger partial charge is 0.279 e. The van der Waals surface area contributed by atoms with Gasteiger partial charge in [-0.1, -0.05) is 47.5 Å². The summed E-state index contributed by atoms with van der Waals surface area (Å²) in [5.74, 6) is 0. The Morgan fingerprint density at radius 1 is 0.731 bits per heavy atom. The van der Waals surface area contributed by atoms with Crippen molar-refractivity contribution in [2.75, 3.05) is 11.0 Å². The third-order valence-electron chi connectivity index (χ3n) is 3.92. The van der Waals surface area contributed by atoms with Gasteiger partial charge in [-0.2, -0.15) is 0 Å². The average molecular weight is 385 g/mol. The van der Waals surface area contributed by atoms with Crippen molar-refractivity contribution in [2.24, 2.45) is 0 Å². The highest BCUT2D eigenvalue weighted by Gasteiger charge is 2.31. The van der Waals surface area contributed by atoms with Gasteiger partial charge < -0.3 is 0 Å². The second-order valence-electron chi connectivity index (χ2n) is 6.30. The molecule has 134 valence electrons. The second-order valence-corrected chi connectivity index (χ2v) is 10.0. The number of rotatable bonds is 5. The molecule has 3 aromatic carbocycles. The topological polar surface area (TPSA) is 46.2 Å². The van der Waals surface area contributed by atoms with Gasteiger partial charge in [0, 0.05) is 0 Å². The van der Waals surface area contributed by atoms with Crippen molar-refractivity contribution in [2.45, 2.75) is 28.5 Å². The molecule has 0 aromatic heterocycles. The lowest BCUT2D eigenvalue weighted by atomic mass is 10.2. The smallest absolute Gasteiger partial charge is 0.229 e. The molecule has 0 radical (unpaired) electrons. The van der Waals surface area contributed by atoms with Gasteiger partial charge in [0.15, 0.2) is 14.7 Å². The van der Waals surface area contributed by atoms with Gasteiger partial charge in [-0.3, -0.25) is 4.72 Å². The van der Waals surface area contributed by atoms with E-state index in [4.69, 9.17) is 0 Å². The normalized spacial score (nSPS) is 11.5. The molecule has 0 fully saturated rings. The average Bonchev–Trinajstić information content (AvgIpc) is 2.58. The molecule has 3 rings (SSSR count). The zero-order valence-electron chi connectivity index (χ0n) is 15.1. The maximum absolute atomic E-state index is 11.8. The zero-order valence-corrected chi connectivity index (χ0v) is 16.7. The van der Waals surface area contributed by atoms with Crippen LogP contribution in [-0.2, 0) is 20.9 Å². The molecule has 0 heterocycles. The molecule has 0 bridgehead atoms. The summed E-state index contributed by atoms with van der Waals surface area (Å²) in [6, 6.07) is 24.5. The third-order valence-corrected chi connectivity index (χ3v) is 6.79. The van der Waals surface area contributed by atoms with Crippen molar-refractivity contribution in [3.05, 3.63) is 83.9 Å². The van der Waals surface area contributed by atoms with Gasteiger partial charge in [0.05, 0.1) is 6.26 Å². The van der Waals surface area contributed by atoms with Gasteiger partial charge in [0.25, 0.3) is 0 Å². The quantitative estimate of drug-likeness (QED) is 0.644. The minimum Gasteiger partial charge on any atom is -0.279 e. The molecular formula is C21H22NO2S2+. The fourth-order valence-electron chi connectivity index (χ4n) is 2.67. The first-order valence-corrected chi connectivity index (χ1v) is 11.4. The van der Waals surface area contributed by atoms with E-state index < -0.39 is 20.9 Å². The van der Waals surface area contributed by atoms with Crippen LogP contribution in [0.5, 0.6) is 0 Å². The van der Waals surface area contributed by atoms with Crippen LogP contribution in [0.2, 0.25) is 0 Å². The summed E-state index contributed by atoms with van der Waals surface area (Å²) in [6.07, 6.45) is 1.18. The Labute approximate surface area is 158 Å². The molecule has 0 unspecified atom stereocenters. The number of para-hydroxylation sites is 1. The Kier molecular flexibility index (Phi) is 5.39. The lowest BCUT2D eigenvalue weighted by molar-refractivity contribution is 0.606. The number of benzene rings is 3. The number of nitrogens with one attached hydrogen (secondary N) is 1. The molecule has 0 aliphatic heterocycles. The van der Waals surface area contributed by atoms with Gasteiger partial charge >= 0.3 is 0 Å². The summed E-state index contributed by atoms with van der Waals surface area (Å²) in [5.41, 5.74) is 3.02. The molecule has 0 saturated heterocycles. The van der Waals surface area contributed by atoms with Crippen LogP contribution in [0.3, 0.4) is 0 Å². The van der Waals surface area contributed by atoms with Crippen LogP contribution in [0, 0.1) is 13.8 Å². The maximum Gasteiger partial charge on any atom is 0.229 e. The van der Waals surface area contributed by atoms with Crippen molar-refractivity contribution < 1.29 is 8.42 Å². The summed E-state index contributed by atoms with van der Waals surface area (Å²) < 4.78 is 26.3. The lowest BCUT2D eigenvalue weighted by Crippen LogP contribution is -2.14. The van der Waals surface area contributed by atoms with Gasteiger partial charge in [-0.05, 0) is 50.2 Å². The van der Waals surface area contributed by atoms with Crippen molar-refractivity contribution in [1.82, 2.24) is 0 Å². The minimum atomic E-state index is -3.36. The molecule has 0 amide bonds. The molecule has 0 spiro atoms. The second kappa shape index (κ2) is 7.56. The monoisotopic (exact) mass is 384 g/mol. The van der Waals surface area contributed by atoms with Crippen LogP contribution in [0.25, 0.3) is 0 Å². The van der Waals surface area contributed by atoms with Crippen LogP contribution in [0.15, 0.2) is 87.5 Å². The summed E-state index contributed by atoms with van der Waals surface area (Å²) >= 11 is 0. The van der Waals surface area contributed by atoms with Crippen LogP contribution < -0.4 is 4.72 Å². The van der Waals surface area contributed by atoms with Gasteiger partial charge in [-0.25, -0.2) is 8.42 Å². The van der Waals surface area contributed by atoms with Crippen molar-refractivity contribution in [3.8, 4) is 0 Å². The Bertz CT molecular complexity index is 949. The molecule has 3 aromatic rings. The zero-order chi connectivity index (χ0) is 18.7. The molecule has 0 aliphatic rings. The maximum atomic E-state index is 11.8.